The Balaban J connectivity index is 1.75. The molecule has 0 N–H and O–H groups in total. The lowest BCUT2D eigenvalue weighted by Gasteiger charge is -2.11. The SMILES string of the molecule is COCCN1C(=O)S/C(=C/c2ccccc2OCc2ccc(F)cc2)C1=O. The minimum atomic E-state index is -0.338. The van der Waals surface area contributed by atoms with Crippen LogP contribution in [0.4, 0.5) is 9.18 Å². The van der Waals surface area contributed by atoms with E-state index in [0.29, 0.717) is 22.8 Å². The van der Waals surface area contributed by atoms with Crippen LogP contribution in [0.5, 0.6) is 5.75 Å². The zero-order valence-electron chi connectivity index (χ0n) is 14.7. The molecule has 3 rings (SSSR count). The summed E-state index contributed by atoms with van der Waals surface area (Å²) in [6, 6.07) is 13.3. The van der Waals surface area contributed by atoms with Gasteiger partial charge in [-0.25, -0.2) is 4.39 Å². The molecule has 0 atom stereocenters. The quantitative estimate of drug-likeness (QED) is 0.670. The molecule has 0 aliphatic carbocycles. The van der Waals surface area contributed by atoms with Crippen molar-refractivity contribution in [2.45, 2.75) is 6.61 Å². The van der Waals surface area contributed by atoms with Gasteiger partial charge in [0.1, 0.15) is 18.2 Å². The summed E-state index contributed by atoms with van der Waals surface area (Å²) in [5.41, 5.74) is 1.52. The average Bonchev–Trinajstić information content (AvgIpc) is 2.93. The number of thioether (sulfide) groups is 1. The van der Waals surface area contributed by atoms with Crippen LogP contribution in [-0.4, -0.2) is 36.3 Å². The molecule has 0 aromatic heterocycles. The number of hydrogen-bond acceptors (Lipinski definition) is 5. The smallest absolute Gasteiger partial charge is 0.293 e. The monoisotopic (exact) mass is 387 g/mol. The number of ether oxygens (including phenoxy) is 2. The van der Waals surface area contributed by atoms with Crippen LogP contribution >= 0.6 is 11.8 Å². The molecule has 27 heavy (non-hydrogen) atoms. The highest BCUT2D eigenvalue weighted by Gasteiger charge is 2.34. The minimum Gasteiger partial charge on any atom is -0.488 e. The molecule has 1 aliphatic heterocycles. The van der Waals surface area contributed by atoms with E-state index in [0.717, 1.165) is 17.3 Å². The number of halogens is 1. The van der Waals surface area contributed by atoms with Crippen molar-refractivity contribution in [3.05, 3.63) is 70.4 Å². The predicted molar refractivity (Wildman–Crippen MR) is 102 cm³/mol. The van der Waals surface area contributed by atoms with E-state index in [1.54, 1.807) is 24.3 Å². The Hall–Kier alpha value is -2.64. The van der Waals surface area contributed by atoms with Gasteiger partial charge in [0.05, 0.1) is 18.1 Å². The number of imide groups is 1. The lowest BCUT2D eigenvalue weighted by atomic mass is 10.1. The molecule has 1 fully saturated rings. The van der Waals surface area contributed by atoms with E-state index in [-0.39, 0.29) is 30.1 Å². The van der Waals surface area contributed by atoms with E-state index in [1.807, 2.05) is 18.2 Å². The van der Waals surface area contributed by atoms with Crippen LogP contribution in [0, 0.1) is 5.82 Å². The topological polar surface area (TPSA) is 55.8 Å². The second kappa shape index (κ2) is 8.83. The molecule has 140 valence electrons. The Labute approximate surface area is 160 Å². The first-order chi connectivity index (χ1) is 13.1. The molecular formula is C20H18FNO4S. The van der Waals surface area contributed by atoms with Gasteiger partial charge in [-0.2, -0.15) is 0 Å². The summed E-state index contributed by atoms with van der Waals surface area (Å²) in [4.78, 5) is 26.0. The largest absolute Gasteiger partial charge is 0.488 e. The van der Waals surface area contributed by atoms with E-state index >= 15 is 0 Å². The predicted octanol–water partition coefficient (Wildman–Crippen LogP) is 4.09. The lowest BCUT2D eigenvalue weighted by Crippen LogP contribution is -2.31. The van der Waals surface area contributed by atoms with Crippen LogP contribution in [0.15, 0.2) is 53.4 Å². The van der Waals surface area contributed by atoms with Crippen LogP contribution < -0.4 is 4.74 Å². The molecule has 1 heterocycles. The molecule has 1 saturated heterocycles. The Bertz CT molecular complexity index is 867. The summed E-state index contributed by atoms with van der Waals surface area (Å²) in [6.45, 7) is 0.782. The summed E-state index contributed by atoms with van der Waals surface area (Å²) >= 11 is 0.898. The Morgan fingerprint density at radius 1 is 1.11 bits per heavy atom. The van der Waals surface area contributed by atoms with Crippen molar-refractivity contribution in [3.8, 4) is 5.75 Å². The Morgan fingerprint density at radius 3 is 2.59 bits per heavy atom. The number of carbonyl (C=O) groups is 2. The third-order valence-electron chi connectivity index (χ3n) is 3.91. The van der Waals surface area contributed by atoms with E-state index in [1.165, 1.54) is 24.1 Å². The summed E-state index contributed by atoms with van der Waals surface area (Å²) < 4.78 is 23.8. The van der Waals surface area contributed by atoms with Crippen molar-refractivity contribution in [2.24, 2.45) is 0 Å². The Kier molecular flexibility index (Phi) is 6.26. The highest BCUT2D eigenvalue weighted by Crippen LogP contribution is 2.33. The first-order valence-electron chi connectivity index (χ1n) is 8.29. The first kappa shape index (κ1) is 19.1. The van der Waals surface area contributed by atoms with Gasteiger partial charge in [-0.1, -0.05) is 30.3 Å². The second-order valence-corrected chi connectivity index (χ2v) is 6.77. The van der Waals surface area contributed by atoms with Gasteiger partial charge in [0.25, 0.3) is 11.1 Å². The molecular weight excluding hydrogens is 369 g/mol. The van der Waals surface area contributed by atoms with Crippen LogP contribution in [-0.2, 0) is 16.1 Å². The van der Waals surface area contributed by atoms with Gasteiger partial charge in [-0.15, -0.1) is 0 Å². The van der Waals surface area contributed by atoms with Crippen molar-refractivity contribution in [3.63, 3.8) is 0 Å². The van der Waals surface area contributed by atoms with Crippen molar-refractivity contribution >= 4 is 29.0 Å². The normalized spacial score (nSPS) is 15.6. The molecule has 0 saturated carbocycles. The molecule has 7 heteroatoms. The van der Waals surface area contributed by atoms with Crippen molar-refractivity contribution in [2.75, 3.05) is 20.3 Å². The zero-order valence-corrected chi connectivity index (χ0v) is 15.5. The molecule has 2 amide bonds. The summed E-state index contributed by atoms with van der Waals surface area (Å²) in [7, 11) is 1.52. The number of hydrogen-bond donors (Lipinski definition) is 0. The minimum absolute atomic E-state index is 0.223. The summed E-state index contributed by atoms with van der Waals surface area (Å²) in [6.07, 6.45) is 1.65. The second-order valence-electron chi connectivity index (χ2n) is 5.78. The number of amides is 2. The summed E-state index contributed by atoms with van der Waals surface area (Å²) in [5, 5.41) is -0.312. The third kappa shape index (κ3) is 4.75. The maximum absolute atomic E-state index is 13.0. The number of benzene rings is 2. The van der Waals surface area contributed by atoms with Gasteiger partial charge in [0.2, 0.25) is 0 Å². The fourth-order valence-electron chi connectivity index (χ4n) is 2.49. The highest BCUT2D eigenvalue weighted by molar-refractivity contribution is 8.18. The number of rotatable bonds is 7. The number of para-hydroxylation sites is 1. The molecule has 1 aliphatic rings. The van der Waals surface area contributed by atoms with E-state index < -0.39 is 0 Å². The standard InChI is InChI=1S/C20H18FNO4S/c1-25-11-10-22-19(23)18(27-20(22)24)12-15-4-2-3-5-17(15)26-13-14-6-8-16(21)9-7-14/h2-9,12H,10-11,13H2,1H3/b18-12+. The van der Waals surface area contributed by atoms with Gasteiger partial charge in [-0.3, -0.25) is 14.5 Å². The van der Waals surface area contributed by atoms with E-state index in [4.69, 9.17) is 9.47 Å². The van der Waals surface area contributed by atoms with Gasteiger partial charge >= 0.3 is 0 Å². The number of nitrogens with zero attached hydrogens (tertiary/aromatic N) is 1. The maximum Gasteiger partial charge on any atom is 0.293 e. The van der Waals surface area contributed by atoms with Crippen LogP contribution in [0.1, 0.15) is 11.1 Å². The van der Waals surface area contributed by atoms with Crippen molar-refractivity contribution in [1.82, 2.24) is 4.90 Å². The average molecular weight is 387 g/mol. The molecule has 0 bridgehead atoms. The van der Waals surface area contributed by atoms with Crippen LogP contribution in [0.25, 0.3) is 6.08 Å². The van der Waals surface area contributed by atoms with E-state index in [2.05, 4.69) is 0 Å². The van der Waals surface area contributed by atoms with Gasteiger partial charge in [-0.05, 0) is 41.6 Å². The van der Waals surface area contributed by atoms with Crippen molar-refractivity contribution in [1.29, 1.82) is 0 Å². The molecule has 2 aromatic rings. The number of carbonyl (C=O) groups excluding carboxylic acids is 2. The van der Waals surface area contributed by atoms with Gasteiger partial charge in [0.15, 0.2) is 0 Å². The first-order valence-corrected chi connectivity index (χ1v) is 9.10. The molecule has 0 unspecified atom stereocenters. The third-order valence-corrected chi connectivity index (χ3v) is 4.81. The van der Waals surface area contributed by atoms with Crippen molar-refractivity contribution < 1.29 is 23.5 Å². The maximum atomic E-state index is 13.0. The highest BCUT2D eigenvalue weighted by atomic mass is 32.2. The van der Waals surface area contributed by atoms with Crippen LogP contribution in [0.3, 0.4) is 0 Å². The molecule has 0 spiro atoms. The fourth-order valence-corrected chi connectivity index (χ4v) is 3.35. The Morgan fingerprint density at radius 2 is 1.85 bits per heavy atom. The van der Waals surface area contributed by atoms with Crippen LogP contribution in [0.2, 0.25) is 0 Å². The van der Waals surface area contributed by atoms with E-state index in [9.17, 15) is 14.0 Å². The van der Waals surface area contributed by atoms with Gasteiger partial charge < -0.3 is 9.47 Å². The molecule has 5 nitrogen and oxygen atoms in total. The summed E-state index contributed by atoms with van der Waals surface area (Å²) in [5.74, 6) is -0.0655. The lowest BCUT2D eigenvalue weighted by molar-refractivity contribution is -0.123. The number of methoxy groups -OCH3 is 1. The molecule has 2 aromatic carbocycles. The zero-order chi connectivity index (χ0) is 19.2. The fraction of sp³-hybridized carbons (Fsp3) is 0.200. The molecule has 0 radical (unpaired) electrons. The van der Waals surface area contributed by atoms with Gasteiger partial charge in [0, 0.05) is 12.7 Å².